The maximum absolute atomic E-state index is 3.91. The van der Waals surface area contributed by atoms with Crippen LogP contribution in [0.5, 0.6) is 0 Å². The molecule has 0 aromatic heterocycles. The number of benzene rings is 3. The van der Waals surface area contributed by atoms with Gasteiger partial charge in [-0.1, -0.05) is 93.8 Å². The number of rotatable bonds is 10. The summed E-state index contributed by atoms with van der Waals surface area (Å²) in [5, 5.41) is 6.15. The van der Waals surface area contributed by atoms with Gasteiger partial charge in [-0.2, -0.15) is 0 Å². The van der Waals surface area contributed by atoms with E-state index in [2.05, 4.69) is 79.8 Å². The van der Waals surface area contributed by atoms with Crippen LogP contribution in [0.3, 0.4) is 0 Å². The van der Waals surface area contributed by atoms with Gasteiger partial charge in [0.25, 0.3) is 0 Å². The van der Waals surface area contributed by atoms with Crippen LogP contribution in [-0.4, -0.2) is 6.54 Å². The summed E-state index contributed by atoms with van der Waals surface area (Å²) in [6.07, 6.45) is 7.39. The van der Waals surface area contributed by atoms with Gasteiger partial charge in [-0.25, -0.2) is 0 Å². The molecule has 3 aromatic rings. The van der Waals surface area contributed by atoms with E-state index in [1.807, 2.05) is 0 Å². The first kappa shape index (κ1) is 19.6. The third kappa shape index (κ3) is 5.20. The Morgan fingerprint density at radius 3 is 2.33 bits per heavy atom. The van der Waals surface area contributed by atoms with Crippen LogP contribution in [0.2, 0.25) is 0 Å². The van der Waals surface area contributed by atoms with Gasteiger partial charge >= 0.3 is 0 Å². The van der Waals surface area contributed by atoms with E-state index < -0.39 is 0 Å². The first-order valence-electron chi connectivity index (χ1n) is 10.4. The van der Waals surface area contributed by atoms with Crippen LogP contribution < -0.4 is 5.32 Å². The summed E-state index contributed by atoms with van der Waals surface area (Å²) >= 11 is 0. The van der Waals surface area contributed by atoms with Crippen molar-refractivity contribution in [3.05, 3.63) is 78.7 Å². The van der Waals surface area contributed by atoms with Crippen molar-refractivity contribution in [3.8, 4) is 11.1 Å². The molecule has 0 atom stereocenters. The quantitative estimate of drug-likeness (QED) is 0.387. The molecule has 0 fully saturated rings. The fourth-order valence-electron chi connectivity index (χ4n) is 3.72. The Bertz CT molecular complexity index is 832. The maximum Gasteiger partial charge on any atom is 0.0211 e. The lowest BCUT2D eigenvalue weighted by Crippen LogP contribution is -2.14. The molecule has 3 rings (SSSR count). The maximum atomic E-state index is 3.91. The number of unbranched alkanes of at least 4 members (excludes halogenated alkanes) is 3. The summed E-state index contributed by atoms with van der Waals surface area (Å²) in [5.74, 6) is 0. The summed E-state index contributed by atoms with van der Waals surface area (Å²) in [4.78, 5) is 0. The van der Waals surface area contributed by atoms with Crippen LogP contribution in [0, 0.1) is 6.92 Å². The van der Waals surface area contributed by atoms with Crippen molar-refractivity contribution >= 4 is 10.8 Å². The predicted molar refractivity (Wildman–Crippen MR) is 119 cm³/mol. The Morgan fingerprint density at radius 2 is 1.59 bits per heavy atom. The first-order valence-corrected chi connectivity index (χ1v) is 10.4. The fraction of sp³-hybridized carbons (Fsp3) is 0.346. The van der Waals surface area contributed by atoms with Gasteiger partial charge in [0.1, 0.15) is 0 Å². The van der Waals surface area contributed by atoms with Gasteiger partial charge in [0.15, 0.2) is 0 Å². The molecule has 1 nitrogen and oxygen atoms in total. The third-order valence-corrected chi connectivity index (χ3v) is 5.27. The zero-order chi connectivity index (χ0) is 18.9. The highest BCUT2D eigenvalue weighted by Crippen LogP contribution is 2.31. The van der Waals surface area contributed by atoms with Crippen molar-refractivity contribution in [3.63, 3.8) is 0 Å². The van der Waals surface area contributed by atoms with Crippen LogP contribution in [0.1, 0.15) is 50.2 Å². The molecule has 0 saturated carbocycles. The number of nitrogens with one attached hydrogen (secondary N) is 1. The number of aryl methyl sites for hydroxylation is 1. The summed E-state index contributed by atoms with van der Waals surface area (Å²) in [5.41, 5.74) is 5.44. The standard InChI is InChI=1S/C26H32N/c1-3-5-6-7-10-21-13-15-22(16-14-21)25-18-17-23(20-27-19-4-2)24-11-8-9-12-26(24)25/h8-9,11-18,27H,2-7,10,19-20H2,1H3. The highest BCUT2D eigenvalue weighted by molar-refractivity contribution is 5.98. The molecule has 0 amide bonds. The van der Waals surface area contributed by atoms with E-state index >= 15 is 0 Å². The summed E-state index contributed by atoms with van der Waals surface area (Å²) in [7, 11) is 0. The van der Waals surface area contributed by atoms with Crippen LogP contribution in [0.25, 0.3) is 21.9 Å². The number of hydrogen-bond donors (Lipinski definition) is 1. The molecule has 0 bridgehead atoms. The molecule has 1 heteroatoms. The van der Waals surface area contributed by atoms with Crippen molar-refractivity contribution in [1.29, 1.82) is 0 Å². The Morgan fingerprint density at radius 1 is 0.815 bits per heavy atom. The van der Waals surface area contributed by atoms with E-state index in [9.17, 15) is 0 Å². The molecular formula is C26H32N. The average molecular weight is 359 g/mol. The highest BCUT2D eigenvalue weighted by atomic mass is 14.8. The molecular weight excluding hydrogens is 326 g/mol. The molecule has 141 valence electrons. The molecule has 27 heavy (non-hydrogen) atoms. The van der Waals surface area contributed by atoms with Crippen molar-refractivity contribution in [2.45, 2.75) is 52.0 Å². The van der Waals surface area contributed by atoms with E-state index in [1.54, 1.807) is 0 Å². The smallest absolute Gasteiger partial charge is 0.0211 e. The second-order valence-electron chi connectivity index (χ2n) is 7.36. The molecule has 1 N–H and O–H groups in total. The lowest BCUT2D eigenvalue weighted by Gasteiger charge is -2.13. The van der Waals surface area contributed by atoms with Crippen molar-refractivity contribution < 1.29 is 0 Å². The van der Waals surface area contributed by atoms with E-state index in [4.69, 9.17) is 0 Å². The number of hydrogen-bond acceptors (Lipinski definition) is 1. The molecule has 1 radical (unpaired) electrons. The molecule has 0 spiro atoms. The monoisotopic (exact) mass is 358 g/mol. The van der Waals surface area contributed by atoms with Gasteiger partial charge in [0.05, 0.1) is 0 Å². The second-order valence-corrected chi connectivity index (χ2v) is 7.36. The first-order chi connectivity index (χ1) is 13.3. The average Bonchev–Trinajstić information content (AvgIpc) is 2.72. The Labute approximate surface area is 164 Å². The Hall–Kier alpha value is -2.12. The van der Waals surface area contributed by atoms with E-state index in [1.165, 1.54) is 65.1 Å². The van der Waals surface area contributed by atoms with E-state index in [-0.39, 0.29) is 0 Å². The molecule has 0 unspecified atom stereocenters. The van der Waals surface area contributed by atoms with E-state index in [0.717, 1.165) is 19.5 Å². The van der Waals surface area contributed by atoms with Crippen LogP contribution >= 0.6 is 0 Å². The number of fused-ring (bicyclic) bond motifs is 1. The lowest BCUT2D eigenvalue weighted by molar-refractivity contribution is 0.667. The highest BCUT2D eigenvalue weighted by Gasteiger charge is 2.07. The van der Waals surface area contributed by atoms with E-state index in [0.29, 0.717) is 0 Å². The van der Waals surface area contributed by atoms with Gasteiger partial charge in [-0.05, 0) is 58.8 Å². The molecule has 0 heterocycles. The van der Waals surface area contributed by atoms with Crippen LogP contribution in [-0.2, 0) is 13.0 Å². The van der Waals surface area contributed by atoms with Crippen LogP contribution in [0.4, 0.5) is 0 Å². The van der Waals surface area contributed by atoms with Gasteiger partial charge in [-0.3, -0.25) is 0 Å². The Kier molecular flexibility index (Phi) is 7.47. The summed E-state index contributed by atoms with van der Waals surface area (Å²) in [6.45, 7) is 8.02. The zero-order valence-corrected chi connectivity index (χ0v) is 16.6. The fourth-order valence-corrected chi connectivity index (χ4v) is 3.72. The lowest BCUT2D eigenvalue weighted by atomic mass is 9.94. The van der Waals surface area contributed by atoms with Gasteiger partial charge in [0.2, 0.25) is 0 Å². The zero-order valence-electron chi connectivity index (χ0n) is 16.6. The van der Waals surface area contributed by atoms with Crippen molar-refractivity contribution in [2.24, 2.45) is 0 Å². The molecule has 0 aliphatic carbocycles. The summed E-state index contributed by atoms with van der Waals surface area (Å²) in [6, 6.07) is 22.5. The third-order valence-electron chi connectivity index (χ3n) is 5.27. The van der Waals surface area contributed by atoms with Crippen LogP contribution in [0.15, 0.2) is 60.7 Å². The minimum absolute atomic E-state index is 0.896. The minimum Gasteiger partial charge on any atom is -0.313 e. The second kappa shape index (κ2) is 10.3. The minimum atomic E-state index is 0.896. The Balaban J connectivity index is 1.81. The predicted octanol–water partition coefficient (Wildman–Crippen LogP) is 6.94. The molecule has 0 aliphatic heterocycles. The van der Waals surface area contributed by atoms with Crippen molar-refractivity contribution in [1.82, 2.24) is 5.32 Å². The van der Waals surface area contributed by atoms with Gasteiger partial charge in [-0.15, -0.1) is 0 Å². The SMILES string of the molecule is [CH2]CCNCc1ccc(-c2ccc(CCCCCC)cc2)c2ccccc12. The normalized spacial score (nSPS) is 11.2. The molecule has 3 aromatic carbocycles. The molecule has 0 saturated heterocycles. The topological polar surface area (TPSA) is 12.0 Å². The van der Waals surface area contributed by atoms with Gasteiger partial charge < -0.3 is 5.32 Å². The summed E-state index contributed by atoms with van der Waals surface area (Å²) < 4.78 is 0. The largest absolute Gasteiger partial charge is 0.313 e. The van der Waals surface area contributed by atoms with Crippen molar-refractivity contribution in [2.75, 3.05) is 6.54 Å². The van der Waals surface area contributed by atoms with Gasteiger partial charge in [0, 0.05) is 6.54 Å². The molecule has 0 aliphatic rings.